The minimum absolute atomic E-state index is 0.156. The molecule has 64 valence electrons. The first-order chi connectivity index (χ1) is 5.24. The smallest absolute Gasteiger partial charge is 0.111 e. The summed E-state index contributed by atoms with van der Waals surface area (Å²) in [5.41, 5.74) is 5.75. The van der Waals surface area contributed by atoms with Crippen molar-refractivity contribution in [3.05, 3.63) is 11.8 Å². The van der Waals surface area contributed by atoms with Gasteiger partial charge in [-0.15, -0.1) is 0 Å². The topological polar surface area (TPSA) is 47.3 Å². The fraction of sp³-hybridized carbons (Fsp3) is 0.750. The molecule has 3 N–H and O–H groups in total. The van der Waals surface area contributed by atoms with E-state index in [1.54, 1.807) is 0 Å². The van der Waals surface area contributed by atoms with Crippen LogP contribution in [0, 0.1) is 0 Å². The first kappa shape index (κ1) is 8.56. The maximum Gasteiger partial charge on any atom is 0.111 e. The zero-order chi connectivity index (χ0) is 8.27. The summed E-state index contributed by atoms with van der Waals surface area (Å²) in [6, 6.07) is 0.163. The zero-order valence-corrected chi connectivity index (χ0v) is 7.13. The highest BCUT2D eigenvalue weighted by molar-refractivity contribution is 5.02. The molecule has 1 aliphatic rings. The Morgan fingerprint density at radius 1 is 1.82 bits per heavy atom. The van der Waals surface area contributed by atoms with Crippen LogP contribution in [0.1, 0.15) is 13.3 Å². The molecule has 1 rings (SSSR count). The fourth-order valence-electron chi connectivity index (χ4n) is 1.12. The van der Waals surface area contributed by atoms with E-state index in [2.05, 4.69) is 11.4 Å². The first-order valence-corrected chi connectivity index (χ1v) is 4.00. The average molecular weight is 156 g/mol. The van der Waals surface area contributed by atoms with Gasteiger partial charge in [0.15, 0.2) is 0 Å². The molecular formula is C8H16N2O. The van der Waals surface area contributed by atoms with Crippen molar-refractivity contribution in [1.29, 1.82) is 0 Å². The fourth-order valence-corrected chi connectivity index (χ4v) is 1.12. The van der Waals surface area contributed by atoms with Gasteiger partial charge < -0.3 is 15.8 Å². The maximum absolute atomic E-state index is 5.75. The van der Waals surface area contributed by atoms with Crippen molar-refractivity contribution < 1.29 is 4.74 Å². The molecular weight excluding hydrogens is 140 g/mol. The van der Waals surface area contributed by atoms with Crippen LogP contribution >= 0.6 is 0 Å². The molecule has 0 aliphatic carbocycles. The number of nitrogens with one attached hydrogen (secondary N) is 1. The van der Waals surface area contributed by atoms with Gasteiger partial charge in [0.2, 0.25) is 0 Å². The summed E-state index contributed by atoms with van der Waals surface area (Å²) in [4.78, 5) is 0. The van der Waals surface area contributed by atoms with Gasteiger partial charge in [-0.2, -0.15) is 0 Å². The van der Waals surface area contributed by atoms with Crippen LogP contribution in [0.5, 0.6) is 0 Å². The van der Waals surface area contributed by atoms with E-state index >= 15 is 0 Å². The van der Waals surface area contributed by atoms with Crippen LogP contribution in [0.2, 0.25) is 0 Å². The Kier molecular flexibility index (Phi) is 2.91. The van der Waals surface area contributed by atoms with E-state index in [0.717, 1.165) is 18.7 Å². The highest BCUT2D eigenvalue weighted by atomic mass is 16.5. The number of nitrogens with two attached hydrogens (primary N) is 1. The quantitative estimate of drug-likeness (QED) is 0.601. The molecule has 0 unspecified atom stereocenters. The zero-order valence-electron chi connectivity index (χ0n) is 7.13. The van der Waals surface area contributed by atoms with E-state index in [1.807, 2.05) is 14.0 Å². The van der Waals surface area contributed by atoms with Gasteiger partial charge in [0, 0.05) is 6.04 Å². The molecule has 0 aromatic carbocycles. The van der Waals surface area contributed by atoms with Gasteiger partial charge >= 0.3 is 0 Å². The van der Waals surface area contributed by atoms with Crippen molar-refractivity contribution in [2.75, 3.05) is 13.6 Å². The summed E-state index contributed by atoms with van der Waals surface area (Å²) in [5.74, 6) is 1.02. The molecule has 0 spiro atoms. The number of likely N-dealkylation sites (N-methyl/N-ethyl adjacent to an activating group) is 1. The van der Waals surface area contributed by atoms with E-state index in [-0.39, 0.29) is 12.1 Å². The molecule has 0 saturated heterocycles. The van der Waals surface area contributed by atoms with E-state index < -0.39 is 0 Å². The molecule has 0 saturated carbocycles. The molecule has 3 heteroatoms. The van der Waals surface area contributed by atoms with Crippen molar-refractivity contribution in [3.8, 4) is 0 Å². The number of rotatable bonds is 2. The minimum atomic E-state index is 0.156. The minimum Gasteiger partial charge on any atom is -0.492 e. The Labute approximate surface area is 67.6 Å². The summed E-state index contributed by atoms with van der Waals surface area (Å²) < 4.78 is 5.51. The van der Waals surface area contributed by atoms with Gasteiger partial charge in [0.05, 0.1) is 6.54 Å². The molecule has 0 amide bonds. The van der Waals surface area contributed by atoms with E-state index in [1.165, 1.54) is 0 Å². The molecule has 0 fully saturated rings. The van der Waals surface area contributed by atoms with Crippen molar-refractivity contribution >= 4 is 0 Å². The van der Waals surface area contributed by atoms with Crippen LogP contribution in [0.25, 0.3) is 0 Å². The second-order valence-electron chi connectivity index (χ2n) is 2.92. The third kappa shape index (κ3) is 2.20. The van der Waals surface area contributed by atoms with E-state index in [0.29, 0.717) is 0 Å². The Balaban J connectivity index is 2.45. The lowest BCUT2D eigenvalue weighted by Gasteiger charge is -2.26. The molecule has 2 atom stereocenters. The van der Waals surface area contributed by atoms with Gasteiger partial charge in [-0.3, -0.25) is 0 Å². The van der Waals surface area contributed by atoms with Crippen LogP contribution in [0.15, 0.2) is 11.8 Å². The molecule has 0 radical (unpaired) electrons. The van der Waals surface area contributed by atoms with Crippen LogP contribution < -0.4 is 11.1 Å². The van der Waals surface area contributed by atoms with E-state index in [4.69, 9.17) is 10.5 Å². The van der Waals surface area contributed by atoms with Crippen LogP contribution in [-0.4, -0.2) is 25.7 Å². The van der Waals surface area contributed by atoms with Gasteiger partial charge in [0.1, 0.15) is 11.9 Å². The molecule has 1 heterocycles. The summed E-state index contributed by atoms with van der Waals surface area (Å²) in [6.07, 6.45) is 3.14. The second kappa shape index (κ2) is 3.74. The van der Waals surface area contributed by atoms with Crippen molar-refractivity contribution in [2.24, 2.45) is 5.73 Å². The lowest BCUT2D eigenvalue weighted by molar-refractivity contribution is 0.0904. The Morgan fingerprint density at radius 2 is 2.55 bits per heavy atom. The summed E-state index contributed by atoms with van der Waals surface area (Å²) in [5, 5.41) is 3.04. The summed E-state index contributed by atoms with van der Waals surface area (Å²) in [6.45, 7) is 2.81. The van der Waals surface area contributed by atoms with Gasteiger partial charge in [-0.1, -0.05) is 0 Å². The highest BCUT2D eigenvalue weighted by Gasteiger charge is 2.18. The lowest BCUT2D eigenvalue weighted by Crippen LogP contribution is -2.37. The largest absolute Gasteiger partial charge is 0.492 e. The van der Waals surface area contributed by atoms with E-state index in [9.17, 15) is 0 Å². The monoisotopic (exact) mass is 156 g/mol. The SMILES string of the molecule is CNCC1=CC[C@@H](N)[C@@H](C)O1. The lowest BCUT2D eigenvalue weighted by atomic mass is 10.1. The summed E-state index contributed by atoms with van der Waals surface area (Å²) in [7, 11) is 1.91. The van der Waals surface area contributed by atoms with Gasteiger partial charge in [0.25, 0.3) is 0 Å². The van der Waals surface area contributed by atoms with Crippen LogP contribution in [0.3, 0.4) is 0 Å². The second-order valence-corrected chi connectivity index (χ2v) is 2.92. The molecule has 0 aromatic rings. The molecule has 0 bridgehead atoms. The normalized spacial score (nSPS) is 31.0. The van der Waals surface area contributed by atoms with Crippen molar-refractivity contribution in [1.82, 2.24) is 5.32 Å². The van der Waals surface area contributed by atoms with Crippen LogP contribution in [-0.2, 0) is 4.74 Å². The Bertz CT molecular complexity index is 156. The maximum atomic E-state index is 5.75. The Morgan fingerprint density at radius 3 is 3.09 bits per heavy atom. The molecule has 11 heavy (non-hydrogen) atoms. The Hall–Kier alpha value is -0.540. The van der Waals surface area contributed by atoms with Gasteiger partial charge in [-0.25, -0.2) is 0 Å². The third-order valence-corrected chi connectivity index (χ3v) is 1.91. The van der Waals surface area contributed by atoms with Crippen molar-refractivity contribution in [3.63, 3.8) is 0 Å². The number of hydrogen-bond donors (Lipinski definition) is 2. The third-order valence-electron chi connectivity index (χ3n) is 1.91. The number of hydrogen-bond acceptors (Lipinski definition) is 3. The molecule has 0 aromatic heterocycles. The standard InChI is InChI=1S/C8H16N2O/c1-6-8(9)4-3-7(11-6)5-10-2/h3,6,8,10H,4-5,9H2,1-2H3/t6-,8-/m1/s1. The van der Waals surface area contributed by atoms with Gasteiger partial charge in [-0.05, 0) is 26.5 Å². The van der Waals surface area contributed by atoms with Crippen LogP contribution in [0.4, 0.5) is 0 Å². The molecule has 3 nitrogen and oxygen atoms in total. The predicted octanol–water partition coefficient (Wildman–Crippen LogP) is 0.226. The predicted molar refractivity (Wildman–Crippen MR) is 45.1 cm³/mol. The molecule has 1 aliphatic heterocycles. The average Bonchev–Trinajstić information content (AvgIpc) is 1.98. The first-order valence-electron chi connectivity index (χ1n) is 4.00. The van der Waals surface area contributed by atoms with Crippen molar-refractivity contribution in [2.45, 2.75) is 25.5 Å². The summed E-state index contributed by atoms with van der Waals surface area (Å²) >= 11 is 0. The number of ether oxygens (including phenoxy) is 1. The highest BCUT2D eigenvalue weighted by Crippen LogP contribution is 2.14.